The predicted molar refractivity (Wildman–Crippen MR) is 102 cm³/mol. The summed E-state index contributed by atoms with van der Waals surface area (Å²) in [4.78, 5) is 13.8. The fraction of sp³-hybridized carbons (Fsp3) is 0.300. The number of hydrogen-bond donors (Lipinski definition) is 1. The summed E-state index contributed by atoms with van der Waals surface area (Å²) in [5.74, 6) is 0.386. The van der Waals surface area contributed by atoms with Crippen molar-refractivity contribution in [2.24, 2.45) is 5.10 Å². The Bertz CT molecular complexity index is 692. The van der Waals surface area contributed by atoms with Gasteiger partial charge in [-0.05, 0) is 41.8 Å². The van der Waals surface area contributed by atoms with Gasteiger partial charge in [0.25, 0.3) is 5.91 Å². The van der Waals surface area contributed by atoms with Crippen molar-refractivity contribution in [2.75, 3.05) is 25.6 Å². The lowest BCUT2D eigenvalue weighted by Crippen LogP contribution is -2.24. The number of nitrogens with zero attached hydrogens (tertiary/aromatic N) is 2. The number of amides is 1. The number of nitrogens with one attached hydrogen (secondary N) is 1. The van der Waals surface area contributed by atoms with Crippen LogP contribution in [0.1, 0.15) is 24.5 Å². The molecule has 2 rings (SSSR count). The van der Waals surface area contributed by atoms with Crippen LogP contribution in [0.25, 0.3) is 0 Å². The van der Waals surface area contributed by atoms with E-state index in [2.05, 4.69) is 17.5 Å². The Morgan fingerprint density at radius 2 is 1.80 bits per heavy atom. The predicted octanol–water partition coefficient (Wildman–Crippen LogP) is 3.23. The third-order valence-corrected chi connectivity index (χ3v) is 3.64. The Balaban J connectivity index is 1.76. The molecule has 0 aliphatic rings. The Hall–Kier alpha value is -2.82. The molecule has 0 saturated carbocycles. The number of carbonyl (C=O) groups excluding carboxylic acids is 1. The van der Waals surface area contributed by atoms with E-state index in [0.717, 1.165) is 24.1 Å². The van der Waals surface area contributed by atoms with E-state index in [9.17, 15) is 4.79 Å². The van der Waals surface area contributed by atoms with Gasteiger partial charge in [-0.25, -0.2) is 5.43 Å². The fourth-order valence-corrected chi connectivity index (χ4v) is 2.26. The minimum absolute atomic E-state index is 0.0654. The molecule has 1 N–H and O–H groups in total. The topological polar surface area (TPSA) is 53.9 Å². The summed E-state index contributed by atoms with van der Waals surface area (Å²) in [5.41, 5.74) is 5.76. The zero-order valence-electron chi connectivity index (χ0n) is 15.0. The Kier molecular flexibility index (Phi) is 7.01. The van der Waals surface area contributed by atoms with E-state index in [1.54, 1.807) is 6.21 Å². The first-order valence-corrected chi connectivity index (χ1v) is 8.39. The van der Waals surface area contributed by atoms with E-state index in [4.69, 9.17) is 4.74 Å². The zero-order valence-corrected chi connectivity index (χ0v) is 15.0. The maximum absolute atomic E-state index is 11.8. The van der Waals surface area contributed by atoms with Crippen molar-refractivity contribution >= 4 is 17.8 Å². The zero-order chi connectivity index (χ0) is 18.1. The van der Waals surface area contributed by atoms with Gasteiger partial charge < -0.3 is 9.64 Å². The lowest BCUT2D eigenvalue weighted by molar-refractivity contribution is -0.123. The van der Waals surface area contributed by atoms with Crippen molar-refractivity contribution in [3.8, 4) is 5.75 Å². The molecule has 5 nitrogen and oxygen atoms in total. The van der Waals surface area contributed by atoms with Gasteiger partial charge in [0, 0.05) is 19.8 Å². The molecule has 1 amide bonds. The summed E-state index contributed by atoms with van der Waals surface area (Å²) in [5, 5.41) is 3.95. The van der Waals surface area contributed by atoms with Crippen LogP contribution in [0.4, 0.5) is 5.69 Å². The smallest absolute Gasteiger partial charge is 0.277 e. The molecule has 0 atom stereocenters. The molecular weight excluding hydrogens is 314 g/mol. The number of anilines is 1. The molecule has 5 heteroatoms. The second kappa shape index (κ2) is 9.47. The first-order chi connectivity index (χ1) is 12.1. The molecule has 0 aliphatic carbocycles. The molecule has 0 bridgehead atoms. The van der Waals surface area contributed by atoms with Crippen LogP contribution in [0.2, 0.25) is 0 Å². The minimum Gasteiger partial charge on any atom is -0.484 e. The average Bonchev–Trinajstić information content (AvgIpc) is 2.62. The molecule has 25 heavy (non-hydrogen) atoms. The van der Waals surface area contributed by atoms with Gasteiger partial charge >= 0.3 is 0 Å². The highest BCUT2D eigenvalue weighted by Gasteiger charge is 2.01. The van der Waals surface area contributed by atoms with Crippen LogP contribution in [0, 0.1) is 0 Å². The molecule has 0 heterocycles. The van der Waals surface area contributed by atoms with Gasteiger partial charge in [-0.1, -0.05) is 37.6 Å². The molecule has 0 aliphatic heterocycles. The van der Waals surface area contributed by atoms with Crippen LogP contribution in [-0.2, 0) is 11.2 Å². The maximum Gasteiger partial charge on any atom is 0.277 e. The molecular formula is C20H25N3O2. The van der Waals surface area contributed by atoms with Crippen molar-refractivity contribution in [3.05, 3.63) is 59.7 Å². The normalized spacial score (nSPS) is 10.7. The van der Waals surface area contributed by atoms with E-state index in [1.165, 1.54) is 5.56 Å². The Morgan fingerprint density at radius 1 is 1.12 bits per heavy atom. The summed E-state index contributed by atoms with van der Waals surface area (Å²) in [6, 6.07) is 15.7. The van der Waals surface area contributed by atoms with Crippen molar-refractivity contribution in [3.63, 3.8) is 0 Å². The monoisotopic (exact) mass is 339 g/mol. The summed E-state index contributed by atoms with van der Waals surface area (Å²) in [6.07, 6.45) is 3.76. The fourth-order valence-electron chi connectivity index (χ4n) is 2.26. The van der Waals surface area contributed by atoms with Crippen molar-refractivity contribution in [2.45, 2.75) is 19.8 Å². The average molecular weight is 339 g/mol. The lowest BCUT2D eigenvalue weighted by Gasteiger charge is -2.11. The third kappa shape index (κ3) is 6.30. The number of ether oxygens (including phenoxy) is 1. The van der Waals surface area contributed by atoms with Crippen LogP contribution in [-0.4, -0.2) is 32.8 Å². The van der Waals surface area contributed by atoms with Gasteiger partial charge in [-0.3, -0.25) is 4.79 Å². The number of aryl methyl sites for hydroxylation is 1. The van der Waals surface area contributed by atoms with Crippen molar-refractivity contribution in [1.82, 2.24) is 5.43 Å². The summed E-state index contributed by atoms with van der Waals surface area (Å²) < 4.78 is 5.45. The molecule has 0 unspecified atom stereocenters. The van der Waals surface area contributed by atoms with Crippen molar-refractivity contribution in [1.29, 1.82) is 0 Å². The van der Waals surface area contributed by atoms with E-state index < -0.39 is 0 Å². The quantitative estimate of drug-likeness (QED) is 0.593. The number of rotatable bonds is 8. The molecule has 0 aromatic heterocycles. The first kappa shape index (κ1) is 18.5. The van der Waals surface area contributed by atoms with E-state index >= 15 is 0 Å². The van der Waals surface area contributed by atoms with Gasteiger partial charge in [-0.2, -0.15) is 5.10 Å². The van der Waals surface area contributed by atoms with Gasteiger partial charge in [0.2, 0.25) is 0 Å². The highest BCUT2D eigenvalue weighted by Crippen LogP contribution is 2.13. The Labute approximate surface area is 149 Å². The third-order valence-electron chi connectivity index (χ3n) is 3.64. The maximum atomic E-state index is 11.8. The molecule has 2 aromatic rings. The van der Waals surface area contributed by atoms with Gasteiger partial charge in [0.15, 0.2) is 6.61 Å². The second-order valence-electron chi connectivity index (χ2n) is 5.96. The lowest BCUT2D eigenvalue weighted by atomic mass is 10.1. The largest absolute Gasteiger partial charge is 0.484 e. The molecule has 0 radical (unpaired) electrons. The first-order valence-electron chi connectivity index (χ1n) is 8.39. The van der Waals surface area contributed by atoms with Crippen LogP contribution >= 0.6 is 0 Å². The van der Waals surface area contributed by atoms with Crippen LogP contribution < -0.4 is 15.1 Å². The van der Waals surface area contributed by atoms with Gasteiger partial charge in [0.1, 0.15) is 5.75 Å². The van der Waals surface area contributed by atoms with E-state index in [-0.39, 0.29) is 12.5 Å². The highest BCUT2D eigenvalue weighted by atomic mass is 16.5. The van der Waals surface area contributed by atoms with Gasteiger partial charge in [-0.15, -0.1) is 0 Å². The highest BCUT2D eigenvalue weighted by molar-refractivity contribution is 5.83. The summed E-state index contributed by atoms with van der Waals surface area (Å²) in [6.45, 7) is 2.08. The molecule has 0 spiro atoms. The molecule has 2 aromatic carbocycles. The number of hydrogen-bond acceptors (Lipinski definition) is 4. The summed E-state index contributed by atoms with van der Waals surface area (Å²) in [7, 11) is 3.97. The van der Waals surface area contributed by atoms with Crippen LogP contribution in [0.15, 0.2) is 53.6 Å². The number of carbonyl (C=O) groups is 1. The molecule has 0 saturated heterocycles. The SMILES string of the molecule is CCCc1ccc(OCC(=O)N/N=C\c2ccc(N(C)C)cc2)cc1. The van der Waals surface area contributed by atoms with Crippen LogP contribution in [0.3, 0.4) is 0 Å². The molecule has 0 fully saturated rings. The van der Waals surface area contributed by atoms with Crippen molar-refractivity contribution < 1.29 is 9.53 Å². The number of benzene rings is 2. The van der Waals surface area contributed by atoms with Gasteiger partial charge in [0.05, 0.1) is 6.21 Å². The standard InChI is InChI=1S/C20H25N3O2/c1-4-5-16-8-12-19(13-9-16)25-15-20(24)22-21-14-17-6-10-18(11-7-17)23(2)3/h6-14H,4-5,15H2,1-3H3,(H,22,24)/b21-14-. The van der Waals surface area contributed by atoms with E-state index in [0.29, 0.717) is 5.75 Å². The molecule has 132 valence electrons. The van der Waals surface area contributed by atoms with Crippen LogP contribution in [0.5, 0.6) is 5.75 Å². The number of hydrazone groups is 1. The minimum atomic E-state index is -0.293. The summed E-state index contributed by atoms with van der Waals surface area (Å²) >= 11 is 0. The second-order valence-corrected chi connectivity index (χ2v) is 5.96. The van der Waals surface area contributed by atoms with E-state index in [1.807, 2.05) is 67.5 Å². The Morgan fingerprint density at radius 3 is 2.40 bits per heavy atom.